The van der Waals surface area contributed by atoms with Crippen molar-refractivity contribution in [1.29, 1.82) is 0 Å². The molecule has 188 valence electrons. The van der Waals surface area contributed by atoms with Gasteiger partial charge in [0.1, 0.15) is 5.75 Å². The number of carbonyl (C=O) groups is 2. The fourth-order valence-electron chi connectivity index (χ4n) is 4.00. The molecule has 0 fully saturated rings. The summed E-state index contributed by atoms with van der Waals surface area (Å²) in [5.41, 5.74) is 5.33. The lowest BCUT2D eigenvalue weighted by Gasteiger charge is -2.14. The van der Waals surface area contributed by atoms with Crippen LogP contribution < -0.4 is 10.1 Å². The molecule has 1 aromatic heterocycles. The number of benzene rings is 4. The number of rotatable bonds is 7. The maximum Gasteiger partial charge on any atom is 0.338 e. The Hall–Kier alpha value is -5.04. The molecule has 0 spiro atoms. The van der Waals surface area contributed by atoms with Crippen molar-refractivity contribution < 1.29 is 19.1 Å². The molecule has 0 aliphatic rings. The van der Waals surface area contributed by atoms with Gasteiger partial charge in [0.25, 0.3) is 5.91 Å². The van der Waals surface area contributed by atoms with Crippen molar-refractivity contribution in [2.45, 2.75) is 13.0 Å². The van der Waals surface area contributed by atoms with Crippen molar-refractivity contribution in [3.05, 3.63) is 109 Å². The summed E-state index contributed by atoms with van der Waals surface area (Å²) < 4.78 is 10.6. The van der Waals surface area contributed by atoms with Crippen LogP contribution in [0.4, 0.5) is 5.69 Å². The molecule has 1 amide bonds. The summed E-state index contributed by atoms with van der Waals surface area (Å²) in [5.74, 6) is -0.476. The van der Waals surface area contributed by atoms with Gasteiger partial charge in [0.15, 0.2) is 6.10 Å². The molecule has 1 heterocycles. The molecule has 0 radical (unpaired) electrons. The second kappa shape index (κ2) is 10.9. The van der Waals surface area contributed by atoms with E-state index < -0.39 is 18.0 Å². The first-order chi connectivity index (χ1) is 18.5. The molecular weight excluding hydrogens is 478 g/mol. The van der Waals surface area contributed by atoms with Gasteiger partial charge in [0.05, 0.1) is 35.1 Å². The van der Waals surface area contributed by atoms with E-state index in [-0.39, 0.29) is 5.56 Å². The van der Waals surface area contributed by atoms with Crippen molar-refractivity contribution in [2.24, 2.45) is 0 Å². The number of amides is 1. The predicted molar refractivity (Wildman–Crippen MR) is 147 cm³/mol. The van der Waals surface area contributed by atoms with Crippen molar-refractivity contribution in [1.82, 2.24) is 9.97 Å². The van der Waals surface area contributed by atoms with Gasteiger partial charge in [-0.25, -0.2) is 14.8 Å². The Morgan fingerprint density at radius 2 is 1.37 bits per heavy atom. The molecule has 38 heavy (non-hydrogen) atoms. The minimum atomic E-state index is -1.02. The van der Waals surface area contributed by atoms with Gasteiger partial charge >= 0.3 is 5.97 Å². The summed E-state index contributed by atoms with van der Waals surface area (Å²) in [6, 6.07) is 31.6. The largest absolute Gasteiger partial charge is 0.497 e. The van der Waals surface area contributed by atoms with Gasteiger partial charge in [0.2, 0.25) is 0 Å². The topological polar surface area (TPSA) is 90.4 Å². The average molecular weight is 504 g/mol. The molecule has 1 N–H and O–H groups in total. The van der Waals surface area contributed by atoms with Crippen molar-refractivity contribution in [3.8, 4) is 28.3 Å². The summed E-state index contributed by atoms with van der Waals surface area (Å²) in [4.78, 5) is 35.3. The molecule has 4 aromatic carbocycles. The number of anilines is 1. The molecule has 7 heteroatoms. The number of fused-ring (bicyclic) bond motifs is 1. The minimum Gasteiger partial charge on any atom is -0.497 e. The van der Waals surface area contributed by atoms with Crippen molar-refractivity contribution in [3.63, 3.8) is 0 Å². The normalized spacial score (nSPS) is 11.5. The molecule has 1 unspecified atom stereocenters. The van der Waals surface area contributed by atoms with Gasteiger partial charge in [-0.05, 0) is 37.3 Å². The number of nitrogens with one attached hydrogen (secondary N) is 1. The number of nitrogens with zero attached hydrogens (tertiary/aromatic N) is 2. The SMILES string of the molecule is COc1cccc(NC(=O)C(C)OC(=O)c2ccc3nc(-c4ccccc4)c(-c4ccccc4)nc3c2)c1. The maximum atomic E-state index is 12.9. The number of hydrogen-bond acceptors (Lipinski definition) is 6. The van der Waals surface area contributed by atoms with E-state index in [2.05, 4.69) is 5.32 Å². The number of methoxy groups -OCH3 is 1. The lowest BCUT2D eigenvalue weighted by molar-refractivity contribution is -0.123. The summed E-state index contributed by atoms with van der Waals surface area (Å²) in [6.45, 7) is 1.52. The van der Waals surface area contributed by atoms with Gasteiger partial charge in [-0.2, -0.15) is 0 Å². The van der Waals surface area contributed by atoms with E-state index >= 15 is 0 Å². The molecule has 5 rings (SSSR count). The Morgan fingerprint density at radius 1 is 0.737 bits per heavy atom. The third-order valence-corrected chi connectivity index (χ3v) is 5.98. The summed E-state index contributed by atoms with van der Waals surface area (Å²) in [6.07, 6.45) is -1.02. The highest BCUT2D eigenvalue weighted by atomic mass is 16.5. The quantitative estimate of drug-likeness (QED) is 0.268. The number of hydrogen-bond donors (Lipinski definition) is 1. The van der Waals surface area contributed by atoms with E-state index in [9.17, 15) is 9.59 Å². The molecule has 0 saturated heterocycles. The molecule has 0 aliphatic heterocycles. The summed E-state index contributed by atoms with van der Waals surface area (Å²) in [5, 5.41) is 2.73. The minimum absolute atomic E-state index is 0.277. The van der Waals surface area contributed by atoms with Crippen LogP contribution in [0.3, 0.4) is 0 Å². The fourth-order valence-corrected chi connectivity index (χ4v) is 4.00. The van der Waals surface area contributed by atoms with E-state index in [1.807, 2.05) is 60.7 Å². The highest BCUT2D eigenvalue weighted by Crippen LogP contribution is 2.31. The Bertz CT molecular complexity index is 1600. The molecule has 7 nitrogen and oxygen atoms in total. The highest BCUT2D eigenvalue weighted by molar-refractivity contribution is 5.99. The van der Waals surface area contributed by atoms with Gasteiger partial charge in [-0.1, -0.05) is 66.7 Å². The molecule has 0 bridgehead atoms. The number of carbonyl (C=O) groups excluding carboxylic acids is 2. The van der Waals surface area contributed by atoms with Gasteiger partial charge in [-0.3, -0.25) is 4.79 Å². The average Bonchev–Trinajstić information content (AvgIpc) is 2.97. The van der Waals surface area contributed by atoms with Crippen LogP contribution in [0.1, 0.15) is 17.3 Å². The molecule has 1 atom stereocenters. The van der Waals surface area contributed by atoms with Crippen LogP contribution >= 0.6 is 0 Å². The zero-order valence-electron chi connectivity index (χ0n) is 20.9. The number of ether oxygens (including phenoxy) is 2. The van der Waals surface area contributed by atoms with Gasteiger partial charge < -0.3 is 14.8 Å². The highest BCUT2D eigenvalue weighted by Gasteiger charge is 2.20. The van der Waals surface area contributed by atoms with E-state index in [1.165, 1.54) is 6.92 Å². The number of aromatic nitrogens is 2. The van der Waals surface area contributed by atoms with E-state index in [4.69, 9.17) is 19.4 Å². The molecular formula is C31H25N3O4. The van der Waals surface area contributed by atoms with Crippen LogP contribution in [0, 0.1) is 0 Å². The monoisotopic (exact) mass is 503 g/mol. The van der Waals surface area contributed by atoms with Crippen LogP contribution in [0.15, 0.2) is 103 Å². The van der Waals surface area contributed by atoms with Crippen molar-refractivity contribution >= 4 is 28.6 Å². The van der Waals surface area contributed by atoms with Gasteiger partial charge in [0, 0.05) is 22.9 Å². The van der Waals surface area contributed by atoms with Crippen LogP contribution in [0.25, 0.3) is 33.5 Å². The third-order valence-electron chi connectivity index (χ3n) is 5.98. The first kappa shape index (κ1) is 24.6. The first-order valence-electron chi connectivity index (χ1n) is 12.1. The van der Waals surface area contributed by atoms with E-state index in [0.717, 1.165) is 16.8 Å². The van der Waals surface area contributed by atoms with Gasteiger partial charge in [-0.15, -0.1) is 0 Å². The predicted octanol–water partition coefficient (Wildman–Crippen LogP) is 6.16. The molecule has 0 saturated carbocycles. The van der Waals surface area contributed by atoms with Crippen LogP contribution in [0.2, 0.25) is 0 Å². The number of esters is 1. The van der Waals surface area contributed by atoms with E-state index in [0.29, 0.717) is 28.2 Å². The molecule has 5 aromatic rings. The van der Waals surface area contributed by atoms with Crippen LogP contribution in [0.5, 0.6) is 5.75 Å². The zero-order chi connectivity index (χ0) is 26.5. The first-order valence-corrected chi connectivity index (χ1v) is 12.1. The molecule has 0 aliphatic carbocycles. The second-order valence-corrected chi connectivity index (χ2v) is 8.63. The Balaban J connectivity index is 1.41. The Labute approximate surface area is 220 Å². The smallest absolute Gasteiger partial charge is 0.338 e. The maximum absolute atomic E-state index is 12.9. The summed E-state index contributed by atoms with van der Waals surface area (Å²) in [7, 11) is 1.55. The van der Waals surface area contributed by atoms with Crippen molar-refractivity contribution in [2.75, 3.05) is 12.4 Å². The summed E-state index contributed by atoms with van der Waals surface area (Å²) >= 11 is 0. The fraction of sp³-hybridized carbons (Fsp3) is 0.0968. The second-order valence-electron chi connectivity index (χ2n) is 8.63. The van der Waals surface area contributed by atoms with Crippen LogP contribution in [-0.4, -0.2) is 35.1 Å². The Kier molecular flexibility index (Phi) is 7.08. The third kappa shape index (κ3) is 5.37. The standard InChI is InChI=1S/C31H25N3O4/c1-20(30(35)32-24-14-9-15-25(19-24)37-2)38-31(36)23-16-17-26-27(18-23)34-29(22-12-7-4-8-13-22)28(33-26)21-10-5-3-6-11-21/h3-20H,1-2H3,(H,32,35). The lowest BCUT2D eigenvalue weighted by Crippen LogP contribution is -2.30. The van der Waals surface area contributed by atoms with Crippen LogP contribution in [-0.2, 0) is 9.53 Å². The Morgan fingerprint density at radius 3 is 2.00 bits per heavy atom. The van der Waals surface area contributed by atoms with E-state index in [1.54, 1.807) is 49.6 Å². The zero-order valence-corrected chi connectivity index (χ0v) is 20.9. The lowest BCUT2D eigenvalue weighted by atomic mass is 10.0.